The van der Waals surface area contributed by atoms with Gasteiger partial charge in [0.25, 0.3) is 0 Å². The Labute approximate surface area is 117 Å². The van der Waals surface area contributed by atoms with E-state index in [1.165, 1.54) is 9.75 Å². The van der Waals surface area contributed by atoms with Gasteiger partial charge in [0, 0.05) is 15.7 Å². The molecule has 106 valence electrons. The second-order valence-corrected chi connectivity index (χ2v) is 6.47. The number of hydrogen-bond acceptors (Lipinski definition) is 3. The predicted molar refractivity (Wildman–Crippen MR) is 76.3 cm³/mol. The smallest absolute Gasteiger partial charge is 0.307 e. The van der Waals surface area contributed by atoms with Gasteiger partial charge >= 0.3 is 5.97 Å². The quantitative estimate of drug-likeness (QED) is 0.873. The van der Waals surface area contributed by atoms with Crippen LogP contribution in [0.25, 0.3) is 0 Å². The van der Waals surface area contributed by atoms with E-state index in [9.17, 15) is 9.59 Å². The van der Waals surface area contributed by atoms with Gasteiger partial charge in [0.05, 0.1) is 12.0 Å². The molecule has 19 heavy (non-hydrogen) atoms. The Bertz CT molecular complexity index is 481. The van der Waals surface area contributed by atoms with Crippen molar-refractivity contribution in [3.63, 3.8) is 0 Å². The Balaban J connectivity index is 2.72. The number of nitrogens with one attached hydrogen (secondary N) is 1. The van der Waals surface area contributed by atoms with Gasteiger partial charge in [-0.2, -0.15) is 0 Å². The molecule has 1 aromatic heterocycles. The molecule has 0 spiro atoms. The van der Waals surface area contributed by atoms with Crippen LogP contribution >= 0.6 is 11.3 Å². The first-order valence-corrected chi connectivity index (χ1v) is 7.15. The van der Waals surface area contributed by atoms with Crippen molar-refractivity contribution in [3.8, 4) is 0 Å². The molecular weight excluding hydrogens is 262 g/mol. The van der Waals surface area contributed by atoms with E-state index < -0.39 is 17.8 Å². The van der Waals surface area contributed by atoms with E-state index in [0.29, 0.717) is 0 Å². The standard InChI is InChI=1S/C14H21NO3S/c1-7-6-12(11(5)19-7)10(4)15-13(16)8(2)9(3)14(17)18/h6,8-10H,1-5H3,(H,15,16)(H,17,18). The number of amides is 1. The summed E-state index contributed by atoms with van der Waals surface area (Å²) >= 11 is 1.70. The first-order valence-electron chi connectivity index (χ1n) is 6.34. The molecule has 0 fully saturated rings. The molecule has 0 aliphatic rings. The zero-order chi connectivity index (χ0) is 14.7. The SMILES string of the molecule is Cc1cc(C(C)NC(=O)C(C)C(C)C(=O)O)c(C)s1. The normalized spacial score (nSPS) is 15.6. The van der Waals surface area contributed by atoms with Crippen molar-refractivity contribution in [2.24, 2.45) is 11.8 Å². The average Bonchev–Trinajstić information content (AvgIpc) is 2.66. The Kier molecular flexibility index (Phi) is 5.11. The number of aliphatic carboxylic acids is 1. The average molecular weight is 283 g/mol. The van der Waals surface area contributed by atoms with Gasteiger partial charge in [-0.25, -0.2) is 0 Å². The molecule has 1 aromatic rings. The summed E-state index contributed by atoms with van der Waals surface area (Å²) in [5.74, 6) is -2.39. The predicted octanol–water partition coefficient (Wildman–Crippen LogP) is 2.90. The van der Waals surface area contributed by atoms with Crippen LogP contribution in [0.3, 0.4) is 0 Å². The fourth-order valence-corrected chi connectivity index (χ4v) is 2.97. The summed E-state index contributed by atoms with van der Waals surface area (Å²) in [6, 6.07) is 1.97. The molecule has 0 aliphatic carbocycles. The number of carbonyl (C=O) groups is 2. The number of aryl methyl sites for hydroxylation is 2. The van der Waals surface area contributed by atoms with Crippen molar-refractivity contribution in [1.82, 2.24) is 5.32 Å². The van der Waals surface area contributed by atoms with Crippen LogP contribution in [0.1, 0.15) is 42.1 Å². The number of rotatable bonds is 5. The summed E-state index contributed by atoms with van der Waals surface area (Å²) in [4.78, 5) is 25.3. The second kappa shape index (κ2) is 6.19. The zero-order valence-corrected chi connectivity index (χ0v) is 12.8. The minimum atomic E-state index is -0.946. The summed E-state index contributed by atoms with van der Waals surface area (Å²) in [6.45, 7) is 9.18. The fourth-order valence-electron chi connectivity index (χ4n) is 1.94. The molecule has 5 heteroatoms. The Morgan fingerprint density at radius 2 is 1.79 bits per heavy atom. The van der Waals surface area contributed by atoms with Crippen molar-refractivity contribution in [3.05, 3.63) is 21.4 Å². The minimum Gasteiger partial charge on any atom is -0.481 e. The van der Waals surface area contributed by atoms with Crippen molar-refractivity contribution in [2.75, 3.05) is 0 Å². The summed E-state index contributed by atoms with van der Waals surface area (Å²) in [5.41, 5.74) is 1.10. The van der Waals surface area contributed by atoms with Crippen molar-refractivity contribution >= 4 is 23.2 Å². The molecule has 0 saturated carbocycles. The maximum absolute atomic E-state index is 12.0. The van der Waals surface area contributed by atoms with E-state index >= 15 is 0 Å². The van der Waals surface area contributed by atoms with Crippen LogP contribution in [0.5, 0.6) is 0 Å². The van der Waals surface area contributed by atoms with Crippen LogP contribution in [0.2, 0.25) is 0 Å². The highest BCUT2D eigenvalue weighted by Crippen LogP contribution is 2.26. The van der Waals surface area contributed by atoms with E-state index in [-0.39, 0.29) is 11.9 Å². The van der Waals surface area contributed by atoms with Gasteiger partial charge in [-0.1, -0.05) is 13.8 Å². The molecule has 2 N–H and O–H groups in total. The number of carboxylic acid groups (broad SMARTS) is 1. The third-order valence-electron chi connectivity index (χ3n) is 3.46. The Hall–Kier alpha value is -1.36. The number of hydrogen-bond donors (Lipinski definition) is 2. The van der Waals surface area contributed by atoms with E-state index in [2.05, 4.69) is 11.4 Å². The maximum atomic E-state index is 12.0. The molecule has 0 radical (unpaired) electrons. The van der Waals surface area contributed by atoms with Gasteiger partial charge < -0.3 is 10.4 Å². The van der Waals surface area contributed by atoms with E-state index in [1.54, 1.807) is 25.2 Å². The number of carbonyl (C=O) groups excluding carboxylic acids is 1. The molecule has 0 saturated heterocycles. The van der Waals surface area contributed by atoms with Crippen LogP contribution in [0.15, 0.2) is 6.07 Å². The molecule has 4 nitrogen and oxygen atoms in total. The Morgan fingerprint density at radius 3 is 2.21 bits per heavy atom. The van der Waals surface area contributed by atoms with E-state index in [4.69, 9.17) is 5.11 Å². The lowest BCUT2D eigenvalue weighted by molar-refractivity contribution is -0.146. The van der Waals surface area contributed by atoms with Crippen molar-refractivity contribution in [2.45, 2.75) is 40.7 Å². The molecule has 1 amide bonds. The van der Waals surface area contributed by atoms with Crippen LogP contribution in [0.4, 0.5) is 0 Å². The lowest BCUT2D eigenvalue weighted by Crippen LogP contribution is -2.36. The van der Waals surface area contributed by atoms with E-state index in [1.807, 2.05) is 20.8 Å². The monoisotopic (exact) mass is 283 g/mol. The molecule has 1 heterocycles. The lowest BCUT2D eigenvalue weighted by Gasteiger charge is -2.20. The number of carboxylic acids is 1. The molecular formula is C14H21NO3S. The molecule has 1 rings (SSSR count). The highest BCUT2D eigenvalue weighted by atomic mass is 32.1. The van der Waals surface area contributed by atoms with Gasteiger partial charge in [0.15, 0.2) is 0 Å². The zero-order valence-electron chi connectivity index (χ0n) is 12.0. The highest BCUT2D eigenvalue weighted by molar-refractivity contribution is 7.12. The Morgan fingerprint density at radius 1 is 1.21 bits per heavy atom. The van der Waals surface area contributed by atoms with Gasteiger partial charge in [0.2, 0.25) is 5.91 Å². The molecule has 0 bridgehead atoms. The summed E-state index contributed by atoms with van der Waals surface area (Å²) < 4.78 is 0. The summed E-state index contributed by atoms with van der Waals surface area (Å²) in [6.07, 6.45) is 0. The fraction of sp³-hybridized carbons (Fsp3) is 0.571. The van der Waals surface area contributed by atoms with Gasteiger partial charge in [-0.15, -0.1) is 11.3 Å². The van der Waals surface area contributed by atoms with Crippen LogP contribution in [-0.2, 0) is 9.59 Å². The van der Waals surface area contributed by atoms with Crippen LogP contribution in [0, 0.1) is 25.7 Å². The molecule has 3 unspecified atom stereocenters. The van der Waals surface area contributed by atoms with Gasteiger partial charge in [0.1, 0.15) is 0 Å². The first-order chi connectivity index (χ1) is 8.73. The highest BCUT2D eigenvalue weighted by Gasteiger charge is 2.27. The van der Waals surface area contributed by atoms with Gasteiger partial charge in [-0.05, 0) is 32.4 Å². The second-order valence-electron chi connectivity index (χ2n) is 5.01. The molecule has 3 atom stereocenters. The third kappa shape index (κ3) is 3.80. The van der Waals surface area contributed by atoms with Crippen LogP contribution < -0.4 is 5.32 Å². The van der Waals surface area contributed by atoms with E-state index in [0.717, 1.165) is 5.56 Å². The first kappa shape index (κ1) is 15.7. The van der Waals surface area contributed by atoms with Gasteiger partial charge in [-0.3, -0.25) is 9.59 Å². The largest absolute Gasteiger partial charge is 0.481 e. The topological polar surface area (TPSA) is 66.4 Å². The maximum Gasteiger partial charge on any atom is 0.307 e. The van der Waals surface area contributed by atoms with Crippen molar-refractivity contribution < 1.29 is 14.7 Å². The summed E-state index contributed by atoms with van der Waals surface area (Å²) in [7, 11) is 0. The third-order valence-corrected chi connectivity index (χ3v) is 4.44. The molecule has 0 aromatic carbocycles. The van der Waals surface area contributed by atoms with Crippen molar-refractivity contribution in [1.29, 1.82) is 0 Å². The molecule has 0 aliphatic heterocycles. The van der Waals surface area contributed by atoms with Crippen LogP contribution in [-0.4, -0.2) is 17.0 Å². The minimum absolute atomic E-state index is 0.0964. The lowest BCUT2D eigenvalue weighted by atomic mass is 9.95. The summed E-state index contributed by atoms with van der Waals surface area (Å²) in [5, 5.41) is 11.8. The number of thiophene rings is 1.